The number of carbonyl (C=O) groups excluding carboxylic acids is 1. The smallest absolute Gasteiger partial charge is 0.255 e. The maximum Gasteiger partial charge on any atom is 0.255 e. The molecule has 0 fully saturated rings. The monoisotopic (exact) mass is 253 g/mol. The van der Waals surface area contributed by atoms with Crippen LogP contribution < -0.4 is 20.6 Å². The van der Waals surface area contributed by atoms with Crippen LogP contribution in [0, 0.1) is 0 Å². The molecule has 0 bridgehead atoms. The van der Waals surface area contributed by atoms with Gasteiger partial charge in [0.2, 0.25) is 0 Å². The summed E-state index contributed by atoms with van der Waals surface area (Å²) in [5.74, 6) is 0.870. The Kier molecular flexibility index (Phi) is 4.94. The average molecular weight is 253 g/mol. The molecule has 3 N–H and O–H groups in total. The SMILES string of the molecule is COc1ccc(C(N)C(=O)NN(C)C)c(OC)c1. The van der Waals surface area contributed by atoms with E-state index in [0.717, 1.165) is 0 Å². The summed E-state index contributed by atoms with van der Waals surface area (Å²) in [7, 11) is 6.52. The molecule has 1 atom stereocenters. The van der Waals surface area contributed by atoms with Crippen molar-refractivity contribution >= 4 is 5.91 Å². The van der Waals surface area contributed by atoms with Crippen LogP contribution in [-0.4, -0.2) is 39.2 Å². The third kappa shape index (κ3) is 3.35. The molecular formula is C12H19N3O3. The number of amides is 1. The Morgan fingerprint density at radius 3 is 2.50 bits per heavy atom. The van der Waals surface area contributed by atoms with Gasteiger partial charge in [-0.15, -0.1) is 0 Å². The van der Waals surface area contributed by atoms with Crippen LogP contribution in [0.2, 0.25) is 0 Å². The largest absolute Gasteiger partial charge is 0.497 e. The lowest BCUT2D eigenvalue weighted by molar-refractivity contribution is -0.126. The number of hydrogen-bond donors (Lipinski definition) is 2. The Labute approximate surface area is 107 Å². The first-order valence-corrected chi connectivity index (χ1v) is 5.45. The molecule has 1 aromatic rings. The highest BCUT2D eigenvalue weighted by atomic mass is 16.5. The predicted molar refractivity (Wildman–Crippen MR) is 68.3 cm³/mol. The molecule has 0 aromatic heterocycles. The summed E-state index contributed by atoms with van der Waals surface area (Å²) in [5.41, 5.74) is 9.11. The van der Waals surface area contributed by atoms with Crippen LogP contribution in [0.4, 0.5) is 0 Å². The van der Waals surface area contributed by atoms with Crippen molar-refractivity contribution in [1.29, 1.82) is 0 Å². The molecule has 0 aliphatic heterocycles. The van der Waals surface area contributed by atoms with Gasteiger partial charge in [0.15, 0.2) is 0 Å². The average Bonchev–Trinajstić information content (AvgIpc) is 2.36. The maximum atomic E-state index is 11.8. The van der Waals surface area contributed by atoms with Gasteiger partial charge in [-0.1, -0.05) is 0 Å². The van der Waals surface area contributed by atoms with Gasteiger partial charge in [-0.05, 0) is 12.1 Å². The fourth-order valence-corrected chi connectivity index (χ4v) is 1.51. The number of rotatable bonds is 5. The Bertz CT molecular complexity index is 421. The Morgan fingerprint density at radius 1 is 1.33 bits per heavy atom. The second kappa shape index (κ2) is 6.23. The van der Waals surface area contributed by atoms with Gasteiger partial charge in [0.1, 0.15) is 17.5 Å². The molecule has 0 saturated carbocycles. The molecular weight excluding hydrogens is 234 g/mol. The van der Waals surface area contributed by atoms with Gasteiger partial charge in [-0.25, -0.2) is 5.01 Å². The molecule has 1 rings (SSSR count). The second-order valence-corrected chi connectivity index (χ2v) is 3.96. The number of benzene rings is 1. The van der Waals surface area contributed by atoms with Crippen LogP contribution >= 0.6 is 0 Å². The number of carbonyl (C=O) groups is 1. The topological polar surface area (TPSA) is 76.8 Å². The highest BCUT2D eigenvalue weighted by Crippen LogP contribution is 2.28. The molecule has 0 aliphatic carbocycles. The lowest BCUT2D eigenvalue weighted by Crippen LogP contribution is -2.42. The van der Waals surface area contributed by atoms with Gasteiger partial charge in [-0.2, -0.15) is 0 Å². The van der Waals surface area contributed by atoms with Crippen molar-refractivity contribution in [3.63, 3.8) is 0 Å². The van der Waals surface area contributed by atoms with Gasteiger partial charge < -0.3 is 15.2 Å². The van der Waals surface area contributed by atoms with E-state index in [4.69, 9.17) is 15.2 Å². The highest BCUT2D eigenvalue weighted by molar-refractivity contribution is 5.83. The van der Waals surface area contributed by atoms with E-state index in [-0.39, 0.29) is 5.91 Å². The summed E-state index contributed by atoms with van der Waals surface area (Å²) in [4.78, 5) is 11.8. The first-order valence-electron chi connectivity index (χ1n) is 5.45. The van der Waals surface area contributed by atoms with E-state index in [1.807, 2.05) is 0 Å². The zero-order valence-corrected chi connectivity index (χ0v) is 11.1. The lowest BCUT2D eigenvalue weighted by Gasteiger charge is -2.19. The van der Waals surface area contributed by atoms with Crippen LogP contribution in [0.3, 0.4) is 0 Å². The summed E-state index contributed by atoms with van der Waals surface area (Å²) >= 11 is 0. The van der Waals surface area contributed by atoms with Crippen molar-refractivity contribution in [3.8, 4) is 11.5 Å². The molecule has 18 heavy (non-hydrogen) atoms. The summed E-state index contributed by atoms with van der Waals surface area (Å²) in [6, 6.07) is 4.35. The molecule has 1 amide bonds. The first-order chi connectivity index (χ1) is 8.49. The number of methoxy groups -OCH3 is 2. The predicted octanol–water partition coefficient (Wildman–Crippen LogP) is 0.296. The van der Waals surface area contributed by atoms with E-state index in [9.17, 15) is 4.79 Å². The normalized spacial score (nSPS) is 12.1. The zero-order valence-electron chi connectivity index (χ0n) is 11.1. The fraction of sp³-hybridized carbons (Fsp3) is 0.417. The van der Waals surface area contributed by atoms with Crippen LogP contribution in [0.15, 0.2) is 18.2 Å². The van der Waals surface area contributed by atoms with Crippen molar-refractivity contribution in [3.05, 3.63) is 23.8 Å². The second-order valence-electron chi connectivity index (χ2n) is 3.96. The molecule has 0 aliphatic rings. The molecule has 6 nitrogen and oxygen atoms in total. The number of nitrogens with one attached hydrogen (secondary N) is 1. The van der Waals surface area contributed by atoms with E-state index < -0.39 is 6.04 Å². The minimum absolute atomic E-state index is 0.302. The number of ether oxygens (including phenoxy) is 2. The van der Waals surface area contributed by atoms with Gasteiger partial charge in [-0.3, -0.25) is 10.2 Å². The summed E-state index contributed by atoms with van der Waals surface area (Å²) in [5, 5.41) is 1.54. The molecule has 1 unspecified atom stereocenters. The number of hydrogen-bond acceptors (Lipinski definition) is 5. The van der Waals surface area contributed by atoms with Crippen molar-refractivity contribution < 1.29 is 14.3 Å². The zero-order chi connectivity index (χ0) is 13.7. The van der Waals surface area contributed by atoms with Gasteiger partial charge in [0.05, 0.1) is 14.2 Å². The quantitative estimate of drug-likeness (QED) is 0.738. The summed E-state index contributed by atoms with van der Waals surface area (Å²) in [6.07, 6.45) is 0. The minimum Gasteiger partial charge on any atom is -0.497 e. The maximum absolute atomic E-state index is 11.8. The molecule has 1 aromatic carbocycles. The van der Waals surface area contributed by atoms with E-state index in [1.165, 1.54) is 12.1 Å². The van der Waals surface area contributed by atoms with Crippen molar-refractivity contribution in [2.24, 2.45) is 5.73 Å². The lowest BCUT2D eigenvalue weighted by atomic mass is 10.1. The van der Waals surface area contributed by atoms with Gasteiger partial charge in [0, 0.05) is 25.7 Å². The molecule has 0 spiro atoms. The van der Waals surface area contributed by atoms with Gasteiger partial charge >= 0.3 is 0 Å². The van der Waals surface area contributed by atoms with Crippen LogP contribution in [0.5, 0.6) is 11.5 Å². The molecule has 0 heterocycles. The fourth-order valence-electron chi connectivity index (χ4n) is 1.51. The molecule has 100 valence electrons. The summed E-state index contributed by atoms with van der Waals surface area (Å²) < 4.78 is 10.3. The van der Waals surface area contributed by atoms with Crippen LogP contribution in [0.1, 0.15) is 11.6 Å². The van der Waals surface area contributed by atoms with Crippen LogP contribution in [-0.2, 0) is 4.79 Å². The van der Waals surface area contributed by atoms with Gasteiger partial charge in [0.25, 0.3) is 5.91 Å². The highest BCUT2D eigenvalue weighted by Gasteiger charge is 2.20. The van der Waals surface area contributed by atoms with E-state index >= 15 is 0 Å². The molecule has 0 radical (unpaired) electrons. The van der Waals surface area contributed by atoms with Crippen molar-refractivity contribution in [2.45, 2.75) is 6.04 Å². The molecule has 6 heteroatoms. The third-order valence-corrected chi connectivity index (χ3v) is 2.39. The van der Waals surface area contributed by atoms with Crippen LogP contribution in [0.25, 0.3) is 0 Å². The standard InChI is InChI=1S/C12H19N3O3/c1-15(2)14-12(16)11(13)9-6-5-8(17-3)7-10(9)18-4/h5-7,11H,13H2,1-4H3,(H,14,16). The minimum atomic E-state index is -0.798. The third-order valence-electron chi connectivity index (χ3n) is 2.39. The number of nitrogens with zero attached hydrogens (tertiary/aromatic N) is 1. The Morgan fingerprint density at radius 2 is 2.00 bits per heavy atom. The van der Waals surface area contributed by atoms with Crippen molar-refractivity contribution in [1.82, 2.24) is 10.4 Å². The number of hydrazine groups is 1. The Balaban J connectivity index is 2.97. The number of nitrogens with two attached hydrogens (primary N) is 1. The first kappa shape index (κ1) is 14.3. The van der Waals surface area contributed by atoms with Crippen molar-refractivity contribution in [2.75, 3.05) is 28.3 Å². The van der Waals surface area contributed by atoms with E-state index in [0.29, 0.717) is 17.1 Å². The molecule has 0 saturated heterocycles. The summed E-state index contributed by atoms with van der Waals surface area (Å²) in [6.45, 7) is 0. The van der Waals surface area contributed by atoms with E-state index in [2.05, 4.69) is 5.43 Å². The van der Waals surface area contributed by atoms with E-state index in [1.54, 1.807) is 39.4 Å². The Hall–Kier alpha value is -1.79.